The van der Waals surface area contributed by atoms with Crippen LogP contribution in [0.2, 0.25) is 0 Å². The molecule has 32 heavy (non-hydrogen) atoms. The SMILES string of the molecule is CNC(=O)c1cc(Oc2cccc(NNC(=O)Nc3cccc(C(C)C)c3)c2C)ccn1. The summed E-state index contributed by atoms with van der Waals surface area (Å²) in [7, 11) is 1.54. The normalized spacial score (nSPS) is 10.4. The molecule has 0 fully saturated rings. The number of hydrogen-bond donors (Lipinski definition) is 4. The summed E-state index contributed by atoms with van der Waals surface area (Å²) in [5.41, 5.74) is 9.14. The fraction of sp³-hybridized carbons (Fsp3) is 0.208. The van der Waals surface area contributed by atoms with Gasteiger partial charge in [0.05, 0.1) is 5.69 Å². The summed E-state index contributed by atoms with van der Waals surface area (Å²) in [6.07, 6.45) is 1.51. The molecule has 0 saturated heterocycles. The number of hydrogen-bond acceptors (Lipinski definition) is 5. The van der Waals surface area contributed by atoms with Gasteiger partial charge >= 0.3 is 6.03 Å². The summed E-state index contributed by atoms with van der Waals surface area (Å²) in [6.45, 7) is 6.07. The Morgan fingerprint density at radius 3 is 2.56 bits per heavy atom. The number of benzene rings is 2. The molecule has 8 heteroatoms. The first-order chi connectivity index (χ1) is 15.4. The lowest BCUT2D eigenvalue weighted by Gasteiger charge is -2.15. The van der Waals surface area contributed by atoms with E-state index in [0.717, 1.165) is 11.1 Å². The van der Waals surface area contributed by atoms with E-state index in [1.54, 1.807) is 31.3 Å². The smallest absolute Gasteiger partial charge is 0.337 e. The van der Waals surface area contributed by atoms with E-state index in [4.69, 9.17) is 4.74 Å². The minimum Gasteiger partial charge on any atom is -0.457 e. The monoisotopic (exact) mass is 433 g/mol. The summed E-state index contributed by atoms with van der Waals surface area (Å²) in [5.74, 6) is 1.14. The van der Waals surface area contributed by atoms with Gasteiger partial charge in [0.15, 0.2) is 0 Å². The van der Waals surface area contributed by atoms with Crippen LogP contribution in [-0.2, 0) is 0 Å². The molecule has 0 aliphatic carbocycles. The molecule has 1 heterocycles. The van der Waals surface area contributed by atoms with Gasteiger partial charge in [0.1, 0.15) is 17.2 Å². The second-order valence-corrected chi connectivity index (χ2v) is 7.47. The molecular formula is C24H27N5O3. The summed E-state index contributed by atoms with van der Waals surface area (Å²) in [5, 5.41) is 5.35. The van der Waals surface area contributed by atoms with Gasteiger partial charge in [-0.15, -0.1) is 0 Å². The second-order valence-electron chi connectivity index (χ2n) is 7.47. The van der Waals surface area contributed by atoms with Crippen molar-refractivity contribution < 1.29 is 14.3 Å². The number of pyridine rings is 1. The standard InChI is InChI=1S/C24H27N5O3/c1-15(2)17-7-5-8-18(13-17)27-24(31)29-28-20-9-6-10-22(16(20)3)32-19-11-12-26-21(14-19)23(30)25-4/h5-15,28H,1-4H3,(H,25,30)(H2,27,29,31). The fourth-order valence-electron chi connectivity index (χ4n) is 2.98. The van der Waals surface area contributed by atoms with Crippen LogP contribution in [0.4, 0.5) is 16.2 Å². The molecule has 0 aliphatic heterocycles. The zero-order valence-corrected chi connectivity index (χ0v) is 18.5. The Balaban J connectivity index is 1.65. The van der Waals surface area contributed by atoms with Crippen LogP contribution >= 0.6 is 0 Å². The lowest BCUT2D eigenvalue weighted by molar-refractivity contribution is 0.0958. The van der Waals surface area contributed by atoms with Crippen LogP contribution < -0.4 is 26.2 Å². The molecule has 1 aromatic heterocycles. The van der Waals surface area contributed by atoms with Crippen molar-refractivity contribution in [2.75, 3.05) is 17.8 Å². The maximum Gasteiger partial charge on any atom is 0.337 e. The van der Waals surface area contributed by atoms with Crippen LogP contribution in [0.5, 0.6) is 11.5 Å². The highest BCUT2D eigenvalue weighted by Crippen LogP contribution is 2.29. The quantitative estimate of drug-likeness (QED) is 0.400. The van der Waals surface area contributed by atoms with Gasteiger partial charge in [-0.2, -0.15) is 0 Å². The number of nitrogens with zero attached hydrogens (tertiary/aromatic N) is 1. The van der Waals surface area contributed by atoms with E-state index in [1.165, 1.54) is 6.20 Å². The van der Waals surface area contributed by atoms with E-state index >= 15 is 0 Å². The maximum absolute atomic E-state index is 12.3. The van der Waals surface area contributed by atoms with Gasteiger partial charge in [0.2, 0.25) is 0 Å². The van der Waals surface area contributed by atoms with Crippen molar-refractivity contribution in [3.8, 4) is 11.5 Å². The molecular weight excluding hydrogens is 406 g/mol. The van der Waals surface area contributed by atoms with Gasteiger partial charge in [-0.3, -0.25) is 20.6 Å². The van der Waals surface area contributed by atoms with E-state index in [2.05, 4.69) is 40.3 Å². The summed E-state index contributed by atoms with van der Waals surface area (Å²) in [6, 6.07) is 16.0. The van der Waals surface area contributed by atoms with E-state index in [-0.39, 0.29) is 17.6 Å². The summed E-state index contributed by atoms with van der Waals surface area (Å²) in [4.78, 5) is 28.1. The number of nitrogens with one attached hydrogen (secondary N) is 4. The topological polar surface area (TPSA) is 104 Å². The Bertz CT molecular complexity index is 1110. The molecule has 0 radical (unpaired) electrons. The second kappa shape index (κ2) is 10.3. The Hall–Kier alpha value is -4.07. The van der Waals surface area contributed by atoms with Crippen LogP contribution in [0.15, 0.2) is 60.8 Å². The van der Waals surface area contributed by atoms with E-state index in [1.807, 2.05) is 37.3 Å². The van der Waals surface area contributed by atoms with Crippen LogP contribution in [0.3, 0.4) is 0 Å². The number of carbonyl (C=O) groups excluding carboxylic acids is 2. The number of amides is 3. The molecule has 0 unspecified atom stereocenters. The van der Waals surface area contributed by atoms with Crippen molar-refractivity contribution in [2.24, 2.45) is 0 Å². The number of rotatable bonds is 7. The van der Waals surface area contributed by atoms with Gasteiger partial charge in [0.25, 0.3) is 5.91 Å². The zero-order valence-electron chi connectivity index (χ0n) is 18.5. The van der Waals surface area contributed by atoms with Crippen molar-refractivity contribution in [3.05, 3.63) is 77.6 Å². The van der Waals surface area contributed by atoms with Crippen molar-refractivity contribution in [1.82, 2.24) is 15.7 Å². The van der Waals surface area contributed by atoms with Crippen molar-refractivity contribution in [1.29, 1.82) is 0 Å². The number of aromatic nitrogens is 1. The third kappa shape index (κ3) is 5.75. The Morgan fingerprint density at radius 2 is 1.81 bits per heavy atom. The average molecular weight is 434 g/mol. The molecule has 0 aliphatic rings. The van der Waals surface area contributed by atoms with E-state index in [9.17, 15) is 9.59 Å². The first-order valence-electron chi connectivity index (χ1n) is 10.3. The molecule has 3 rings (SSSR count). The van der Waals surface area contributed by atoms with Gasteiger partial charge in [-0.05, 0) is 48.7 Å². The van der Waals surface area contributed by atoms with Gasteiger partial charge in [-0.25, -0.2) is 4.79 Å². The van der Waals surface area contributed by atoms with Crippen LogP contribution in [0, 0.1) is 6.92 Å². The molecule has 8 nitrogen and oxygen atoms in total. The number of urea groups is 1. The zero-order chi connectivity index (χ0) is 23.1. The van der Waals surface area contributed by atoms with Gasteiger partial charge in [0, 0.05) is 30.6 Å². The molecule has 3 aromatic rings. The molecule has 0 bridgehead atoms. The highest BCUT2D eigenvalue weighted by atomic mass is 16.5. The predicted octanol–water partition coefficient (Wildman–Crippen LogP) is 4.81. The van der Waals surface area contributed by atoms with E-state index in [0.29, 0.717) is 28.8 Å². The van der Waals surface area contributed by atoms with Crippen LogP contribution in [0.1, 0.15) is 41.4 Å². The number of carbonyl (C=O) groups is 2. The molecule has 0 spiro atoms. The molecule has 0 saturated carbocycles. The Labute approximate surface area is 187 Å². The van der Waals surface area contributed by atoms with Gasteiger partial charge < -0.3 is 15.4 Å². The number of anilines is 2. The van der Waals surface area contributed by atoms with Crippen molar-refractivity contribution in [2.45, 2.75) is 26.7 Å². The van der Waals surface area contributed by atoms with E-state index < -0.39 is 0 Å². The number of ether oxygens (including phenoxy) is 1. The minimum atomic E-state index is -0.388. The molecule has 4 N–H and O–H groups in total. The largest absolute Gasteiger partial charge is 0.457 e. The molecule has 3 amide bonds. The van der Waals surface area contributed by atoms with Gasteiger partial charge in [-0.1, -0.05) is 32.0 Å². The minimum absolute atomic E-state index is 0.261. The lowest BCUT2D eigenvalue weighted by atomic mass is 10.0. The van der Waals surface area contributed by atoms with Crippen LogP contribution in [0.25, 0.3) is 0 Å². The fourth-order valence-corrected chi connectivity index (χ4v) is 2.98. The Morgan fingerprint density at radius 1 is 1.03 bits per heavy atom. The first kappa shape index (κ1) is 22.6. The van der Waals surface area contributed by atoms with Crippen LogP contribution in [-0.4, -0.2) is 24.0 Å². The third-order valence-corrected chi connectivity index (χ3v) is 4.82. The third-order valence-electron chi connectivity index (χ3n) is 4.82. The molecule has 0 atom stereocenters. The Kier molecular flexibility index (Phi) is 7.28. The summed E-state index contributed by atoms with van der Waals surface area (Å²) < 4.78 is 5.93. The highest BCUT2D eigenvalue weighted by Gasteiger charge is 2.11. The highest BCUT2D eigenvalue weighted by molar-refractivity contribution is 5.92. The van der Waals surface area contributed by atoms with Crippen molar-refractivity contribution >= 4 is 23.3 Å². The predicted molar refractivity (Wildman–Crippen MR) is 125 cm³/mol. The maximum atomic E-state index is 12.3. The number of hydrazine groups is 1. The lowest BCUT2D eigenvalue weighted by Crippen LogP contribution is -2.33. The molecule has 166 valence electrons. The molecule has 2 aromatic carbocycles. The van der Waals surface area contributed by atoms with Crippen molar-refractivity contribution in [3.63, 3.8) is 0 Å². The summed E-state index contributed by atoms with van der Waals surface area (Å²) >= 11 is 0. The first-order valence-corrected chi connectivity index (χ1v) is 10.3. The average Bonchev–Trinajstić information content (AvgIpc) is 2.79.